The molecule has 0 spiro atoms. The molecule has 0 aromatic carbocycles. The molecule has 0 amide bonds. The van der Waals surface area contributed by atoms with Crippen LogP contribution in [-0.4, -0.2) is 15.7 Å². The fourth-order valence-corrected chi connectivity index (χ4v) is 2.09. The zero-order valence-corrected chi connectivity index (χ0v) is 11.5. The van der Waals surface area contributed by atoms with E-state index in [0.29, 0.717) is 10.3 Å². The Morgan fingerprint density at radius 1 is 1.38 bits per heavy atom. The van der Waals surface area contributed by atoms with Gasteiger partial charge in [0.05, 0.1) is 16.4 Å². The van der Waals surface area contributed by atoms with Crippen LogP contribution in [0, 0.1) is 15.3 Å². The molecule has 0 saturated carbocycles. The Kier molecular flexibility index (Phi) is 3.66. The number of ketones is 1. The number of carbonyl (C=O) groups is 1. The molecule has 0 unspecified atom stereocenters. The first-order chi connectivity index (χ1) is 9.84. The zero-order valence-electron chi connectivity index (χ0n) is 11.5. The van der Waals surface area contributed by atoms with E-state index in [-0.39, 0.29) is 17.0 Å². The van der Waals surface area contributed by atoms with Gasteiger partial charge in [-0.05, 0) is 26.0 Å². The van der Waals surface area contributed by atoms with Crippen LogP contribution in [0.15, 0.2) is 43.0 Å². The number of rotatable bonds is 4. The highest BCUT2D eigenvalue weighted by molar-refractivity contribution is 6.03. The molecule has 0 N–H and O–H groups in total. The smallest absolute Gasteiger partial charge is 0.285 e. The van der Waals surface area contributed by atoms with Crippen LogP contribution in [-0.2, 0) is 5.41 Å². The lowest BCUT2D eigenvalue weighted by molar-refractivity contribution is -0.606. The van der Waals surface area contributed by atoms with Crippen molar-refractivity contribution in [1.29, 1.82) is 0 Å². The molecule has 0 saturated heterocycles. The van der Waals surface area contributed by atoms with Gasteiger partial charge in [-0.25, -0.2) is 0 Å². The normalized spacial score (nSPS) is 11.1. The molecular weight excluding hydrogens is 274 g/mol. The molecule has 0 bridgehead atoms. The summed E-state index contributed by atoms with van der Waals surface area (Å²) in [6.45, 7) is 3.09. The molecule has 7 nitrogen and oxygen atoms in total. The van der Waals surface area contributed by atoms with Gasteiger partial charge in [-0.15, -0.1) is 0 Å². The van der Waals surface area contributed by atoms with Crippen LogP contribution in [0.4, 0.5) is 5.69 Å². The largest absolute Gasteiger partial charge is 0.619 e. The first-order valence-electron chi connectivity index (χ1n) is 6.16. The van der Waals surface area contributed by atoms with Gasteiger partial charge in [-0.3, -0.25) is 19.9 Å². The third kappa shape index (κ3) is 2.71. The Bertz CT molecular complexity index is 699. The molecule has 108 valence electrons. The van der Waals surface area contributed by atoms with Gasteiger partial charge in [0.15, 0.2) is 18.2 Å². The summed E-state index contributed by atoms with van der Waals surface area (Å²) in [6.07, 6.45) is 5.02. The lowest BCUT2D eigenvalue weighted by atomic mass is 9.78. The standard InChI is InChI=1S/C14H13N3O4/c1-14(2,13(18)10-4-3-6-15-8-10)11-9-16(19)7-5-12(11)17(20)21/h3-9H,1-2H3. The number of aromatic nitrogens is 2. The van der Waals surface area contributed by atoms with E-state index in [1.807, 2.05) is 0 Å². The Hall–Kier alpha value is -2.83. The van der Waals surface area contributed by atoms with Crippen LogP contribution < -0.4 is 4.73 Å². The predicted molar refractivity (Wildman–Crippen MR) is 73.6 cm³/mol. The number of nitrogens with zero attached hydrogens (tertiary/aromatic N) is 3. The first-order valence-corrected chi connectivity index (χ1v) is 6.16. The van der Waals surface area contributed by atoms with Gasteiger partial charge in [-0.2, -0.15) is 4.73 Å². The average Bonchev–Trinajstić information content (AvgIpc) is 2.47. The first kappa shape index (κ1) is 14.6. The van der Waals surface area contributed by atoms with Crippen molar-refractivity contribution in [2.45, 2.75) is 19.3 Å². The van der Waals surface area contributed by atoms with Crippen LogP contribution in [0.2, 0.25) is 0 Å². The molecule has 2 heterocycles. The predicted octanol–water partition coefficient (Wildman–Crippen LogP) is 1.78. The molecule has 0 aliphatic heterocycles. The monoisotopic (exact) mass is 287 g/mol. The van der Waals surface area contributed by atoms with Crippen molar-refractivity contribution in [3.8, 4) is 0 Å². The second-order valence-electron chi connectivity index (χ2n) is 5.06. The molecule has 2 rings (SSSR count). The third-order valence-corrected chi connectivity index (χ3v) is 3.27. The molecule has 0 radical (unpaired) electrons. The van der Waals surface area contributed by atoms with Gasteiger partial charge in [0.2, 0.25) is 0 Å². The maximum Gasteiger partial charge on any atom is 0.285 e. The number of nitro groups is 1. The lowest BCUT2D eigenvalue weighted by Gasteiger charge is -2.22. The van der Waals surface area contributed by atoms with Crippen molar-refractivity contribution >= 4 is 11.5 Å². The summed E-state index contributed by atoms with van der Waals surface area (Å²) < 4.78 is 0.445. The van der Waals surface area contributed by atoms with Gasteiger partial charge in [0.1, 0.15) is 5.56 Å². The van der Waals surface area contributed by atoms with E-state index in [1.54, 1.807) is 26.0 Å². The highest BCUT2D eigenvalue weighted by Crippen LogP contribution is 2.33. The highest BCUT2D eigenvalue weighted by atomic mass is 16.6. The van der Waals surface area contributed by atoms with Crippen LogP contribution in [0.1, 0.15) is 29.8 Å². The summed E-state index contributed by atoms with van der Waals surface area (Å²) in [5, 5.41) is 22.6. The van der Waals surface area contributed by atoms with Crippen molar-refractivity contribution in [3.05, 3.63) is 69.4 Å². The van der Waals surface area contributed by atoms with Gasteiger partial charge in [0, 0.05) is 18.0 Å². The molecule has 0 atom stereocenters. The fraction of sp³-hybridized carbons (Fsp3) is 0.214. The molecule has 0 aliphatic carbocycles. The molecule has 2 aromatic heterocycles. The molecular formula is C14H13N3O4. The maximum atomic E-state index is 12.6. The Morgan fingerprint density at radius 3 is 2.67 bits per heavy atom. The Balaban J connectivity index is 2.56. The van der Waals surface area contributed by atoms with E-state index in [1.165, 1.54) is 12.4 Å². The minimum absolute atomic E-state index is 0.0684. The van der Waals surface area contributed by atoms with Gasteiger partial charge in [-0.1, -0.05) is 0 Å². The van der Waals surface area contributed by atoms with Crippen molar-refractivity contribution in [2.75, 3.05) is 0 Å². The second-order valence-corrected chi connectivity index (χ2v) is 5.06. The van der Waals surface area contributed by atoms with E-state index < -0.39 is 10.3 Å². The van der Waals surface area contributed by atoms with Crippen LogP contribution in [0.3, 0.4) is 0 Å². The molecule has 0 aliphatic rings. The number of hydrogen-bond acceptors (Lipinski definition) is 5. The molecule has 2 aromatic rings. The summed E-state index contributed by atoms with van der Waals surface area (Å²) in [5.41, 5.74) is -1.08. The summed E-state index contributed by atoms with van der Waals surface area (Å²) in [4.78, 5) is 27.0. The molecule has 0 fully saturated rings. The van der Waals surface area contributed by atoms with Crippen molar-refractivity contribution in [3.63, 3.8) is 0 Å². The maximum absolute atomic E-state index is 12.6. The minimum Gasteiger partial charge on any atom is -0.619 e. The number of pyridine rings is 2. The quantitative estimate of drug-likeness (QED) is 0.280. The second kappa shape index (κ2) is 5.28. The highest BCUT2D eigenvalue weighted by Gasteiger charge is 2.38. The molecule has 7 heteroatoms. The van der Waals surface area contributed by atoms with Crippen molar-refractivity contribution in [2.24, 2.45) is 0 Å². The number of hydrogen-bond donors (Lipinski definition) is 0. The Labute approximate surface area is 120 Å². The molecule has 21 heavy (non-hydrogen) atoms. The van der Waals surface area contributed by atoms with Crippen molar-refractivity contribution < 1.29 is 14.4 Å². The van der Waals surface area contributed by atoms with Gasteiger partial charge < -0.3 is 5.21 Å². The number of carbonyl (C=O) groups excluding carboxylic acids is 1. The van der Waals surface area contributed by atoms with E-state index >= 15 is 0 Å². The summed E-state index contributed by atoms with van der Waals surface area (Å²) in [6, 6.07) is 4.29. The number of Topliss-reactive ketones (excluding diaryl/α,β-unsaturated/α-hetero) is 1. The minimum atomic E-state index is -1.22. The van der Waals surface area contributed by atoms with Crippen molar-refractivity contribution in [1.82, 2.24) is 4.98 Å². The van der Waals surface area contributed by atoms with Crippen LogP contribution in [0.25, 0.3) is 0 Å². The summed E-state index contributed by atoms with van der Waals surface area (Å²) in [5.74, 6) is -0.343. The van der Waals surface area contributed by atoms with Crippen LogP contribution >= 0.6 is 0 Å². The lowest BCUT2D eigenvalue weighted by Crippen LogP contribution is -2.35. The van der Waals surface area contributed by atoms with Gasteiger partial charge >= 0.3 is 0 Å². The zero-order chi connectivity index (χ0) is 15.6. The van der Waals surface area contributed by atoms with Crippen LogP contribution in [0.5, 0.6) is 0 Å². The van der Waals surface area contributed by atoms with Gasteiger partial charge in [0.25, 0.3) is 5.69 Å². The van der Waals surface area contributed by atoms with E-state index in [0.717, 1.165) is 18.5 Å². The van der Waals surface area contributed by atoms with E-state index in [4.69, 9.17) is 0 Å². The SMILES string of the molecule is CC(C)(C(=O)c1cccnc1)c1c[n+]([O-])ccc1[N+](=O)[O-]. The third-order valence-electron chi connectivity index (χ3n) is 3.27. The fourth-order valence-electron chi connectivity index (χ4n) is 2.09. The van der Waals surface area contributed by atoms with E-state index in [2.05, 4.69) is 4.98 Å². The van der Waals surface area contributed by atoms with E-state index in [9.17, 15) is 20.1 Å². The summed E-state index contributed by atoms with van der Waals surface area (Å²) in [7, 11) is 0. The Morgan fingerprint density at radius 2 is 2.10 bits per heavy atom. The average molecular weight is 287 g/mol. The summed E-state index contributed by atoms with van der Waals surface area (Å²) >= 11 is 0. The topological polar surface area (TPSA) is 100 Å².